The molecule has 37 heavy (non-hydrogen) atoms. The molecule has 7 heteroatoms. The molecular weight excluding hydrogens is 509 g/mol. The van der Waals surface area contributed by atoms with Crippen molar-refractivity contribution in [3.63, 3.8) is 0 Å². The molecule has 0 spiro atoms. The number of carbonyl (C=O) groups is 1. The van der Waals surface area contributed by atoms with Crippen molar-refractivity contribution in [3.05, 3.63) is 105 Å². The van der Waals surface area contributed by atoms with Gasteiger partial charge >= 0.3 is 0 Å². The Balaban J connectivity index is 1.74. The molecule has 5 nitrogen and oxygen atoms in total. The van der Waals surface area contributed by atoms with E-state index in [0.717, 1.165) is 24.0 Å². The second-order valence-corrected chi connectivity index (χ2v) is 11.7. The molecule has 2 N–H and O–H groups in total. The summed E-state index contributed by atoms with van der Waals surface area (Å²) in [5, 5.41) is 21.9. The lowest BCUT2D eigenvalue weighted by Crippen LogP contribution is -2.49. The summed E-state index contributed by atoms with van der Waals surface area (Å²) in [5.41, 5.74) is 0.773. The monoisotopic (exact) mass is 539 g/mol. The molecule has 5 rings (SSSR count). The van der Waals surface area contributed by atoms with Crippen LogP contribution in [0.15, 0.2) is 66.7 Å². The Morgan fingerprint density at radius 1 is 1.00 bits per heavy atom. The maximum atomic E-state index is 14.3. The summed E-state index contributed by atoms with van der Waals surface area (Å²) in [4.78, 5) is 16.1. The molecule has 0 aromatic heterocycles. The van der Waals surface area contributed by atoms with Crippen molar-refractivity contribution in [2.75, 3.05) is 13.2 Å². The predicted molar refractivity (Wildman–Crippen MR) is 145 cm³/mol. The predicted octanol–water partition coefficient (Wildman–Crippen LogP) is 6.43. The molecule has 2 atom stereocenters. The highest BCUT2D eigenvalue weighted by Crippen LogP contribution is 2.53. The summed E-state index contributed by atoms with van der Waals surface area (Å²) in [6.45, 7) is 5.67. The van der Waals surface area contributed by atoms with Crippen LogP contribution in [0.5, 0.6) is 0 Å². The number of hydrogen-bond acceptors (Lipinski definition) is 4. The van der Waals surface area contributed by atoms with Crippen molar-refractivity contribution in [1.29, 1.82) is 0 Å². The van der Waals surface area contributed by atoms with Crippen LogP contribution in [0.3, 0.4) is 0 Å². The lowest BCUT2D eigenvalue weighted by atomic mass is 9.88. The van der Waals surface area contributed by atoms with E-state index in [-0.39, 0.29) is 30.6 Å². The number of halogens is 2. The van der Waals surface area contributed by atoms with Gasteiger partial charge in [0.25, 0.3) is 5.91 Å². The van der Waals surface area contributed by atoms with Gasteiger partial charge in [0, 0.05) is 32.2 Å². The normalized spacial score (nSPS) is 21.2. The number of carbonyl (C=O) groups excluding carboxylic acids is 1. The van der Waals surface area contributed by atoms with Crippen LogP contribution in [-0.2, 0) is 16.1 Å². The van der Waals surface area contributed by atoms with E-state index < -0.39 is 11.3 Å². The molecule has 3 aromatic rings. The molecular formula is C30H31Cl2NO4. The van der Waals surface area contributed by atoms with Gasteiger partial charge in [-0.05, 0) is 75.1 Å². The molecule has 1 amide bonds. The van der Waals surface area contributed by atoms with Crippen LogP contribution >= 0.6 is 23.2 Å². The maximum absolute atomic E-state index is 14.3. The van der Waals surface area contributed by atoms with Crippen LogP contribution < -0.4 is 0 Å². The van der Waals surface area contributed by atoms with Crippen molar-refractivity contribution in [3.8, 4) is 0 Å². The van der Waals surface area contributed by atoms with E-state index in [2.05, 4.69) is 0 Å². The quantitative estimate of drug-likeness (QED) is 0.346. The summed E-state index contributed by atoms with van der Waals surface area (Å²) in [5.74, 6) is -0.202. The van der Waals surface area contributed by atoms with Gasteiger partial charge in [0.05, 0.1) is 24.9 Å². The molecule has 1 heterocycles. The number of nitrogens with zero attached hydrogens (tertiary/aromatic N) is 1. The third-order valence-electron chi connectivity index (χ3n) is 7.73. The Hall–Kier alpha value is -2.41. The third-order valence-corrected chi connectivity index (χ3v) is 8.24. The van der Waals surface area contributed by atoms with Gasteiger partial charge in [-0.2, -0.15) is 0 Å². The van der Waals surface area contributed by atoms with Gasteiger partial charge in [-0.1, -0.05) is 59.6 Å². The van der Waals surface area contributed by atoms with Gasteiger partial charge in [0.1, 0.15) is 0 Å². The standard InChI is InChI=1S/C30H31Cl2NO4/c1-19(20-4-9-23(31)10-5-20)33-27(35)25-16-22(28(2,3)36)8-13-26(25)30(33,21-6-11-24(32)12-7-21)37-18-29(17-34)14-15-29/h4-13,16,19,34,36H,14-15,17-18H2,1-3H3/t19-,30+/m0/s1. The van der Waals surface area contributed by atoms with Gasteiger partial charge in [-0.15, -0.1) is 0 Å². The van der Waals surface area contributed by atoms with E-state index in [1.54, 1.807) is 36.9 Å². The highest BCUT2D eigenvalue weighted by atomic mass is 35.5. The smallest absolute Gasteiger partial charge is 0.257 e. The first kappa shape index (κ1) is 26.2. The fourth-order valence-corrected chi connectivity index (χ4v) is 5.37. The molecule has 3 aromatic carbocycles. The van der Waals surface area contributed by atoms with Crippen LogP contribution in [0.1, 0.15) is 72.3 Å². The number of rotatable bonds is 8. The van der Waals surface area contributed by atoms with Gasteiger partial charge < -0.3 is 14.9 Å². The van der Waals surface area contributed by atoms with Crippen LogP contribution in [0.4, 0.5) is 0 Å². The number of aliphatic hydroxyl groups excluding tert-OH is 1. The molecule has 1 aliphatic carbocycles. The number of amides is 1. The minimum absolute atomic E-state index is 0.0227. The van der Waals surface area contributed by atoms with Crippen molar-refractivity contribution in [1.82, 2.24) is 4.90 Å². The third kappa shape index (κ3) is 4.58. The average molecular weight is 540 g/mol. The molecule has 1 aliphatic heterocycles. The second kappa shape index (κ2) is 9.40. The van der Waals surface area contributed by atoms with E-state index in [1.807, 2.05) is 55.5 Å². The number of fused-ring (bicyclic) bond motifs is 1. The minimum atomic E-state index is -1.26. The van der Waals surface area contributed by atoms with Gasteiger partial charge in [0.2, 0.25) is 0 Å². The molecule has 0 unspecified atom stereocenters. The summed E-state index contributed by atoms with van der Waals surface area (Å²) < 4.78 is 6.85. The Morgan fingerprint density at radius 3 is 2.14 bits per heavy atom. The number of hydrogen-bond donors (Lipinski definition) is 2. The highest BCUT2D eigenvalue weighted by Gasteiger charge is 2.56. The van der Waals surface area contributed by atoms with E-state index >= 15 is 0 Å². The Labute approximate surface area is 227 Å². The average Bonchev–Trinajstić information content (AvgIpc) is 3.62. The number of benzene rings is 3. The topological polar surface area (TPSA) is 70.0 Å². The van der Waals surface area contributed by atoms with E-state index in [9.17, 15) is 15.0 Å². The van der Waals surface area contributed by atoms with Gasteiger partial charge in [0.15, 0.2) is 5.72 Å². The summed E-state index contributed by atoms with van der Waals surface area (Å²) in [7, 11) is 0. The first-order chi connectivity index (χ1) is 17.5. The fraction of sp³-hybridized carbons (Fsp3) is 0.367. The zero-order chi connectivity index (χ0) is 26.6. The van der Waals surface area contributed by atoms with Crippen LogP contribution in [-0.4, -0.2) is 34.2 Å². The fourth-order valence-electron chi connectivity index (χ4n) is 5.12. The second-order valence-electron chi connectivity index (χ2n) is 10.8. The Kier molecular flexibility index (Phi) is 6.66. The van der Waals surface area contributed by atoms with Crippen LogP contribution in [0, 0.1) is 5.41 Å². The summed E-state index contributed by atoms with van der Waals surface area (Å²) in [6, 6.07) is 19.9. The maximum Gasteiger partial charge on any atom is 0.257 e. The van der Waals surface area contributed by atoms with Crippen molar-refractivity contribution >= 4 is 29.1 Å². The number of aliphatic hydroxyl groups is 2. The van der Waals surface area contributed by atoms with Crippen molar-refractivity contribution < 1.29 is 19.7 Å². The van der Waals surface area contributed by atoms with Gasteiger partial charge in [-0.3, -0.25) is 9.69 Å². The van der Waals surface area contributed by atoms with Crippen LogP contribution in [0.2, 0.25) is 10.0 Å². The van der Waals surface area contributed by atoms with E-state index in [4.69, 9.17) is 27.9 Å². The molecule has 0 saturated heterocycles. The molecule has 194 valence electrons. The Bertz CT molecular complexity index is 1310. The Morgan fingerprint density at radius 2 is 1.59 bits per heavy atom. The van der Waals surface area contributed by atoms with E-state index in [0.29, 0.717) is 26.7 Å². The minimum Gasteiger partial charge on any atom is -0.396 e. The molecule has 2 aliphatic rings. The molecule has 0 bridgehead atoms. The largest absolute Gasteiger partial charge is 0.396 e. The van der Waals surface area contributed by atoms with Crippen LogP contribution in [0.25, 0.3) is 0 Å². The lowest BCUT2D eigenvalue weighted by Gasteiger charge is -2.43. The SMILES string of the molecule is C[C@@H](c1ccc(Cl)cc1)N1C(=O)c2cc(C(C)(C)O)ccc2[C@]1(OCC1(CO)CC1)c1ccc(Cl)cc1. The lowest BCUT2D eigenvalue weighted by molar-refractivity contribution is -0.137. The van der Waals surface area contributed by atoms with Crippen molar-refractivity contribution in [2.45, 2.75) is 51.0 Å². The zero-order valence-electron chi connectivity index (χ0n) is 21.2. The summed E-state index contributed by atoms with van der Waals surface area (Å²) in [6.07, 6.45) is 1.73. The highest BCUT2D eigenvalue weighted by molar-refractivity contribution is 6.30. The summed E-state index contributed by atoms with van der Waals surface area (Å²) >= 11 is 12.4. The first-order valence-electron chi connectivity index (χ1n) is 12.5. The van der Waals surface area contributed by atoms with Gasteiger partial charge in [-0.25, -0.2) is 0 Å². The molecule has 1 fully saturated rings. The molecule has 0 radical (unpaired) electrons. The zero-order valence-corrected chi connectivity index (χ0v) is 22.7. The molecule has 1 saturated carbocycles. The first-order valence-corrected chi connectivity index (χ1v) is 13.2. The number of ether oxygens (including phenoxy) is 1. The van der Waals surface area contributed by atoms with E-state index in [1.165, 1.54) is 0 Å². The van der Waals surface area contributed by atoms with Crippen molar-refractivity contribution in [2.24, 2.45) is 5.41 Å².